The van der Waals surface area contributed by atoms with Gasteiger partial charge in [-0.25, -0.2) is 0 Å². The zero-order valence-electron chi connectivity index (χ0n) is 16.1. The smallest absolute Gasteiger partial charge is 0.376 e. The summed E-state index contributed by atoms with van der Waals surface area (Å²) < 4.78 is 41.7. The standard InChI is InChI=1S/C23H21F3N2O2/c24-23(25,26)22(30,13-16-7-3-6-15-5-1-2-8-17(15)16)14-27-19-9-4-10-20-18(19)11-12-21(29)28-20/h1-2,4-5,8-12,14,16,30H,3,6-7,13H2,(H,28,29)/b27-14+. The highest BCUT2D eigenvalue weighted by Crippen LogP contribution is 2.42. The third-order valence-electron chi connectivity index (χ3n) is 5.70. The maximum Gasteiger partial charge on any atom is 0.422 e. The van der Waals surface area contributed by atoms with Crippen LogP contribution >= 0.6 is 0 Å². The third kappa shape index (κ3) is 3.89. The molecule has 4 rings (SSSR count). The summed E-state index contributed by atoms with van der Waals surface area (Å²) in [5.41, 5.74) is -0.765. The lowest BCUT2D eigenvalue weighted by Gasteiger charge is -2.33. The first kappa shape index (κ1) is 20.3. The summed E-state index contributed by atoms with van der Waals surface area (Å²) in [7, 11) is 0. The van der Waals surface area contributed by atoms with E-state index >= 15 is 0 Å². The van der Waals surface area contributed by atoms with E-state index in [0.717, 1.165) is 24.0 Å². The highest BCUT2D eigenvalue weighted by Gasteiger charge is 2.54. The minimum atomic E-state index is -4.87. The molecule has 0 bridgehead atoms. The van der Waals surface area contributed by atoms with E-state index in [1.165, 1.54) is 12.1 Å². The minimum absolute atomic E-state index is 0.246. The van der Waals surface area contributed by atoms with Crippen molar-refractivity contribution in [2.24, 2.45) is 4.99 Å². The van der Waals surface area contributed by atoms with Crippen LogP contribution in [0.2, 0.25) is 0 Å². The van der Waals surface area contributed by atoms with Crippen LogP contribution < -0.4 is 5.56 Å². The summed E-state index contributed by atoms with van der Waals surface area (Å²) in [4.78, 5) is 18.1. The molecule has 1 aliphatic rings. The van der Waals surface area contributed by atoms with Gasteiger partial charge in [0.1, 0.15) is 0 Å². The summed E-state index contributed by atoms with van der Waals surface area (Å²) in [6.45, 7) is 0. The van der Waals surface area contributed by atoms with Gasteiger partial charge in [-0.3, -0.25) is 9.79 Å². The normalized spacial score (nSPS) is 19.0. The summed E-state index contributed by atoms with van der Waals surface area (Å²) in [6, 6.07) is 15.0. The van der Waals surface area contributed by atoms with E-state index in [4.69, 9.17) is 0 Å². The number of aromatic amines is 1. The van der Waals surface area contributed by atoms with Gasteiger partial charge in [0.15, 0.2) is 5.60 Å². The Bertz CT molecular complexity index is 1150. The summed E-state index contributed by atoms with van der Waals surface area (Å²) in [6.07, 6.45) is -2.56. The number of aromatic nitrogens is 1. The molecule has 0 saturated carbocycles. The number of aliphatic imine (C=N–C) groups is 1. The average molecular weight is 414 g/mol. The van der Waals surface area contributed by atoms with Crippen molar-refractivity contribution < 1.29 is 18.3 Å². The number of nitrogens with one attached hydrogen (secondary N) is 1. The molecule has 0 fully saturated rings. The SMILES string of the molecule is O=c1ccc2c(/N=C/C(O)(CC3CCCc4ccccc43)C(F)(F)F)cccc2[nH]1. The van der Waals surface area contributed by atoms with Crippen LogP contribution in [0.3, 0.4) is 0 Å². The van der Waals surface area contributed by atoms with Gasteiger partial charge in [-0.15, -0.1) is 0 Å². The van der Waals surface area contributed by atoms with E-state index in [1.54, 1.807) is 18.2 Å². The Hall–Kier alpha value is -2.93. The van der Waals surface area contributed by atoms with Crippen molar-refractivity contribution in [3.8, 4) is 0 Å². The van der Waals surface area contributed by atoms with Gasteiger partial charge in [0, 0.05) is 17.7 Å². The Morgan fingerprint density at radius 3 is 2.70 bits per heavy atom. The van der Waals surface area contributed by atoms with Crippen molar-refractivity contribution in [3.05, 3.63) is 76.1 Å². The van der Waals surface area contributed by atoms with E-state index in [0.29, 0.717) is 23.5 Å². The molecule has 2 unspecified atom stereocenters. The lowest BCUT2D eigenvalue weighted by Crippen LogP contribution is -2.48. The number of alkyl halides is 3. The second-order valence-corrected chi connectivity index (χ2v) is 7.73. The number of benzene rings is 2. The topological polar surface area (TPSA) is 65.4 Å². The van der Waals surface area contributed by atoms with Crippen LogP contribution in [0.25, 0.3) is 10.9 Å². The molecule has 0 radical (unpaired) electrons. The van der Waals surface area contributed by atoms with Crippen molar-refractivity contribution in [2.45, 2.75) is 43.4 Å². The number of aryl methyl sites for hydroxylation is 1. The molecule has 4 nitrogen and oxygen atoms in total. The second kappa shape index (κ2) is 7.72. The number of hydrogen-bond donors (Lipinski definition) is 2. The molecule has 7 heteroatoms. The Balaban J connectivity index is 1.70. The maximum absolute atomic E-state index is 13.9. The Kier molecular flexibility index (Phi) is 5.24. The van der Waals surface area contributed by atoms with Gasteiger partial charge >= 0.3 is 6.18 Å². The predicted octanol–water partition coefficient (Wildman–Crippen LogP) is 5.03. The monoisotopic (exact) mass is 414 g/mol. The van der Waals surface area contributed by atoms with Crippen molar-refractivity contribution in [2.75, 3.05) is 0 Å². The Labute approximate surface area is 171 Å². The van der Waals surface area contributed by atoms with Crippen LogP contribution in [0.15, 0.2) is 64.4 Å². The zero-order valence-corrected chi connectivity index (χ0v) is 16.1. The van der Waals surface area contributed by atoms with Gasteiger partial charge < -0.3 is 10.1 Å². The van der Waals surface area contributed by atoms with Gasteiger partial charge in [-0.1, -0.05) is 30.3 Å². The number of rotatable bonds is 4. The quantitative estimate of drug-likeness (QED) is 0.588. The highest BCUT2D eigenvalue weighted by molar-refractivity contribution is 5.91. The molecular weight excluding hydrogens is 393 g/mol. The largest absolute Gasteiger partial charge is 0.422 e. The Morgan fingerprint density at radius 2 is 1.90 bits per heavy atom. The maximum atomic E-state index is 13.9. The van der Waals surface area contributed by atoms with Crippen LogP contribution in [-0.2, 0) is 6.42 Å². The van der Waals surface area contributed by atoms with E-state index in [-0.39, 0.29) is 11.2 Å². The van der Waals surface area contributed by atoms with Gasteiger partial charge in [0.05, 0.1) is 11.2 Å². The summed E-state index contributed by atoms with van der Waals surface area (Å²) in [5.74, 6) is -0.406. The Morgan fingerprint density at radius 1 is 1.10 bits per heavy atom. The molecule has 2 atom stereocenters. The van der Waals surface area contributed by atoms with E-state index < -0.39 is 24.1 Å². The van der Waals surface area contributed by atoms with Crippen molar-refractivity contribution in [3.63, 3.8) is 0 Å². The van der Waals surface area contributed by atoms with E-state index in [9.17, 15) is 23.1 Å². The van der Waals surface area contributed by atoms with Gasteiger partial charge in [-0.2, -0.15) is 13.2 Å². The molecule has 0 saturated heterocycles. The molecular formula is C23H21F3N2O2. The molecule has 1 aliphatic carbocycles. The van der Waals surface area contributed by atoms with Crippen LogP contribution in [0.4, 0.5) is 18.9 Å². The third-order valence-corrected chi connectivity index (χ3v) is 5.70. The minimum Gasteiger partial charge on any atom is -0.376 e. The number of H-pyrrole nitrogens is 1. The molecule has 1 heterocycles. The molecule has 3 aromatic rings. The number of fused-ring (bicyclic) bond motifs is 2. The van der Waals surface area contributed by atoms with Crippen LogP contribution in [-0.4, -0.2) is 28.1 Å². The van der Waals surface area contributed by atoms with Gasteiger partial charge in [-0.05, 0) is 60.9 Å². The van der Waals surface area contributed by atoms with E-state index in [1.807, 2.05) is 24.3 Å². The predicted molar refractivity (Wildman–Crippen MR) is 110 cm³/mol. The van der Waals surface area contributed by atoms with Gasteiger partial charge in [0.2, 0.25) is 5.56 Å². The van der Waals surface area contributed by atoms with Crippen LogP contribution in [0, 0.1) is 0 Å². The first-order chi connectivity index (χ1) is 14.3. The van der Waals surface area contributed by atoms with Crippen molar-refractivity contribution in [1.29, 1.82) is 0 Å². The number of aliphatic hydroxyl groups is 1. The van der Waals surface area contributed by atoms with E-state index in [2.05, 4.69) is 9.98 Å². The highest BCUT2D eigenvalue weighted by atomic mass is 19.4. The molecule has 2 aromatic carbocycles. The summed E-state index contributed by atoms with van der Waals surface area (Å²) >= 11 is 0. The van der Waals surface area contributed by atoms with Gasteiger partial charge in [0.25, 0.3) is 0 Å². The molecule has 156 valence electrons. The number of hydrogen-bond acceptors (Lipinski definition) is 3. The average Bonchev–Trinajstić information content (AvgIpc) is 2.71. The fourth-order valence-electron chi connectivity index (χ4n) is 4.14. The molecule has 2 N–H and O–H groups in total. The zero-order chi connectivity index (χ0) is 21.4. The fourth-order valence-corrected chi connectivity index (χ4v) is 4.14. The van der Waals surface area contributed by atoms with Crippen LogP contribution in [0.1, 0.15) is 36.3 Å². The van der Waals surface area contributed by atoms with Crippen molar-refractivity contribution in [1.82, 2.24) is 4.98 Å². The molecule has 1 aromatic heterocycles. The fraction of sp³-hybridized carbons (Fsp3) is 0.304. The molecule has 30 heavy (non-hydrogen) atoms. The first-order valence-electron chi connectivity index (χ1n) is 9.81. The second-order valence-electron chi connectivity index (χ2n) is 7.73. The summed E-state index contributed by atoms with van der Waals surface area (Å²) in [5, 5.41) is 11.2. The molecule has 0 amide bonds. The number of nitrogens with zero attached hydrogens (tertiary/aromatic N) is 1. The van der Waals surface area contributed by atoms with Crippen molar-refractivity contribution >= 4 is 22.8 Å². The van der Waals surface area contributed by atoms with Crippen LogP contribution in [0.5, 0.6) is 0 Å². The lowest BCUT2D eigenvalue weighted by atomic mass is 9.77. The lowest BCUT2D eigenvalue weighted by molar-refractivity contribution is -0.232. The number of halogens is 3. The number of pyridine rings is 1. The first-order valence-corrected chi connectivity index (χ1v) is 9.81. The molecule has 0 aliphatic heterocycles. The molecule has 0 spiro atoms.